The van der Waals surface area contributed by atoms with Crippen molar-refractivity contribution in [2.45, 2.75) is 13.0 Å². The lowest BCUT2D eigenvalue weighted by molar-refractivity contribution is 0.0982. The van der Waals surface area contributed by atoms with Crippen molar-refractivity contribution in [1.29, 1.82) is 0 Å². The SMILES string of the molecule is COc1c(F)ccc2c1CNCCc1[nH]c(=O)ccc1N1CN2c2cc(F)c(F)cc2C1=O. The van der Waals surface area contributed by atoms with E-state index in [-0.39, 0.29) is 35.8 Å². The second-order valence-corrected chi connectivity index (χ2v) is 7.78. The van der Waals surface area contributed by atoms with Gasteiger partial charge >= 0.3 is 0 Å². The maximum Gasteiger partial charge on any atom is 0.262 e. The first-order valence-electron chi connectivity index (χ1n) is 10.3. The Morgan fingerprint density at radius 3 is 2.45 bits per heavy atom. The quantitative estimate of drug-likeness (QED) is 0.588. The van der Waals surface area contributed by atoms with Gasteiger partial charge in [-0.15, -0.1) is 0 Å². The maximum atomic E-state index is 14.5. The number of halogens is 3. The Morgan fingerprint density at radius 1 is 0.909 bits per heavy atom. The first kappa shape index (κ1) is 21.1. The van der Waals surface area contributed by atoms with Gasteiger partial charge in [0.2, 0.25) is 5.56 Å². The van der Waals surface area contributed by atoms with Crippen LogP contribution in [0.3, 0.4) is 0 Å². The van der Waals surface area contributed by atoms with Crippen LogP contribution in [0.2, 0.25) is 0 Å². The van der Waals surface area contributed by atoms with Gasteiger partial charge in [-0.3, -0.25) is 14.5 Å². The van der Waals surface area contributed by atoms with Gasteiger partial charge in [-0.25, -0.2) is 13.2 Å². The second-order valence-electron chi connectivity index (χ2n) is 7.78. The van der Waals surface area contributed by atoms with Gasteiger partial charge in [0.15, 0.2) is 23.2 Å². The molecule has 5 rings (SSSR count). The molecule has 3 heterocycles. The van der Waals surface area contributed by atoms with Crippen molar-refractivity contribution in [1.82, 2.24) is 10.3 Å². The van der Waals surface area contributed by atoms with E-state index in [0.29, 0.717) is 35.6 Å². The van der Waals surface area contributed by atoms with E-state index in [1.807, 2.05) is 0 Å². The number of aromatic amines is 1. The monoisotopic (exact) mass is 456 g/mol. The number of fused-ring (bicyclic) bond motifs is 8. The Morgan fingerprint density at radius 2 is 1.67 bits per heavy atom. The van der Waals surface area contributed by atoms with Gasteiger partial charge in [0, 0.05) is 42.9 Å². The van der Waals surface area contributed by atoms with E-state index in [1.165, 1.54) is 36.3 Å². The summed E-state index contributed by atoms with van der Waals surface area (Å²) in [5, 5.41) is 3.20. The van der Waals surface area contributed by atoms with Crippen LogP contribution in [-0.4, -0.2) is 31.2 Å². The van der Waals surface area contributed by atoms with Crippen molar-refractivity contribution in [3.8, 4) is 5.75 Å². The van der Waals surface area contributed by atoms with E-state index in [0.717, 1.165) is 12.1 Å². The first-order chi connectivity index (χ1) is 15.9. The fraction of sp³-hybridized carbons (Fsp3) is 0.217. The first-order valence-corrected chi connectivity index (χ1v) is 10.3. The summed E-state index contributed by atoms with van der Waals surface area (Å²) < 4.78 is 48.3. The normalized spacial score (nSPS) is 15.3. The second kappa shape index (κ2) is 7.96. The molecule has 1 aromatic heterocycles. The van der Waals surface area contributed by atoms with Crippen molar-refractivity contribution in [2.75, 3.05) is 30.1 Å². The van der Waals surface area contributed by atoms with Crippen LogP contribution < -0.4 is 25.4 Å². The van der Waals surface area contributed by atoms with E-state index in [9.17, 15) is 22.8 Å². The fourth-order valence-electron chi connectivity index (χ4n) is 4.36. The molecule has 0 spiro atoms. The van der Waals surface area contributed by atoms with Crippen LogP contribution in [0.4, 0.5) is 30.2 Å². The molecule has 0 saturated heterocycles. The highest BCUT2D eigenvalue weighted by Crippen LogP contribution is 2.41. The minimum absolute atomic E-state index is 0.0118. The molecule has 2 aliphatic rings. The molecule has 7 nitrogen and oxygen atoms in total. The van der Waals surface area contributed by atoms with Crippen LogP contribution in [0.5, 0.6) is 5.75 Å². The van der Waals surface area contributed by atoms with Crippen LogP contribution in [0.25, 0.3) is 0 Å². The number of carbonyl (C=O) groups is 1. The minimum atomic E-state index is -1.16. The molecule has 10 heteroatoms. The lowest BCUT2D eigenvalue weighted by atomic mass is 10.0. The lowest BCUT2D eigenvalue weighted by Gasteiger charge is -2.39. The number of carbonyl (C=O) groups excluding carboxylic acids is 1. The van der Waals surface area contributed by atoms with E-state index in [2.05, 4.69) is 10.3 Å². The average Bonchev–Trinajstić information content (AvgIpc) is 2.81. The molecule has 0 fully saturated rings. The molecule has 2 aliphatic heterocycles. The third kappa shape index (κ3) is 3.43. The van der Waals surface area contributed by atoms with Crippen molar-refractivity contribution in [3.05, 3.63) is 81.0 Å². The molecule has 0 saturated carbocycles. The number of H-pyrrole nitrogens is 1. The highest BCUT2D eigenvalue weighted by Gasteiger charge is 2.35. The number of hydrogen-bond acceptors (Lipinski definition) is 5. The summed E-state index contributed by atoms with van der Waals surface area (Å²) in [6.45, 7) is 0.536. The molecular weight excluding hydrogens is 437 g/mol. The van der Waals surface area contributed by atoms with E-state index in [1.54, 1.807) is 4.90 Å². The van der Waals surface area contributed by atoms with Crippen LogP contribution in [0.1, 0.15) is 21.6 Å². The molecule has 2 aromatic carbocycles. The summed E-state index contributed by atoms with van der Waals surface area (Å²) in [7, 11) is 1.35. The van der Waals surface area contributed by atoms with Crippen LogP contribution >= 0.6 is 0 Å². The number of aromatic nitrogens is 1. The minimum Gasteiger partial charge on any atom is -0.493 e. The summed E-state index contributed by atoms with van der Waals surface area (Å²) in [6.07, 6.45) is 0.368. The van der Waals surface area contributed by atoms with Crippen molar-refractivity contribution >= 4 is 23.0 Å². The largest absolute Gasteiger partial charge is 0.493 e. The summed E-state index contributed by atoms with van der Waals surface area (Å²) in [4.78, 5) is 31.1. The van der Waals surface area contributed by atoms with Gasteiger partial charge in [0.05, 0.1) is 29.7 Å². The Hall–Kier alpha value is -3.79. The highest BCUT2D eigenvalue weighted by molar-refractivity contribution is 6.12. The third-order valence-corrected chi connectivity index (χ3v) is 5.89. The summed E-state index contributed by atoms with van der Waals surface area (Å²) >= 11 is 0. The number of nitrogens with one attached hydrogen (secondary N) is 2. The summed E-state index contributed by atoms with van der Waals surface area (Å²) in [5.74, 6) is -3.37. The molecule has 33 heavy (non-hydrogen) atoms. The van der Waals surface area contributed by atoms with Crippen LogP contribution in [0.15, 0.2) is 41.2 Å². The zero-order valence-electron chi connectivity index (χ0n) is 17.5. The molecule has 0 atom stereocenters. The van der Waals surface area contributed by atoms with Crippen molar-refractivity contribution in [2.24, 2.45) is 0 Å². The molecule has 2 N–H and O–H groups in total. The number of pyridine rings is 1. The zero-order valence-corrected chi connectivity index (χ0v) is 17.5. The van der Waals surface area contributed by atoms with Crippen molar-refractivity contribution < 1.29 is 22.7 Å². The maximum absolute atomic E-state index is 14.5. The number of nitrogens with zero attached hydrogens (tertiary/aromatic N) is 2. The Bertz CT molecular complexity index is 1340. The number of anilines is 3. The number of ether oxygens (including phenoxy) is 1. The molecule has 170 valence electrons. The van der Waals surface area contributed by atoms with Gasteiger partial charge in [-0.1, -0.05) is 0 Å². The van der Waals surface area contributed by atoms with Crippen LogP contribution in [-0.2, 0) is 13.0 Å². The highest BCUT2D eigenvalue weighted by atomic mass is 19.2. The van der Waals surface area contributed by atoms with Gasteiger partial charge in [-0.05, 0) is 24.3 Å². The number of hydrogen-bond donors (Lipinski definition) is 2. The Kier molecular flexibility index (Phi) is 5.09. The van der Waals surface area contributed by atoms with Gasteiger partial charge in [0.25, 0.3) is 5.91 Å². The average molecular weight is 456 g/mol. The molecule has 1 amide bonds. The molecule has 3 aromatic rings. The topological polar surface area (TPSA) is 77.7 Å². The fourth-order valence-corrected chi connectivity index (χ4v) is 4.36. The predicted octanol–water partition coefficient (Wildman–Crippen LogP) is 3.20. The number of rotatable bonds is 1. The summed E-state index contributed by atoms with van der Waals surface area (Å²) in [5.41, 5.74) is 1.65. The van der Waals surface area contributed by atoms with E-state index >= 15 is 0 Å². The molecular formula is C23H19F3N4O3. The number of amides is 1. The third-order valence-electron chi connectivity index (χ3n) is 5.89. The summed E-state index contributed by atoms with van der Waals surface area (Å²) in [6, 6.07) is 7.38. The lowest BCUT2D eigenvalue weighted by Crippen LogP contribution is -2.46. The Balaban J connectivity index is 1.80. The van der Waals surface area contributed by atoms with E-state index < -0.39 is 23.4 Å². The molecule has 0 radical (unpaired) electrons. The number of methoxy groups -OCH3 is 1. The smallest absolute Gasteiger partial charge is 0.262 e. The number of benzene rings is 2. The van der Waals surface area contributed by atoms with Gasteiger partial charge in [-0.2, -0.15) is 0 Å². The van der Waals surface area contributed by atoms with Crippen LogP contribution in [0, 0.1) is 17.5 Å². The molecule has 2 bridgehead atoms. The van der Waals surface area contributed by atoms with Gasteiger partial charge in [0.1, 0.15) is 6.67 Å². The Labute approximate surface area is 186 Å². The zero-order chi connectivity index (χ0) is 23.3. The van der Waals surface area contributed by atoms with Gasteiger partial charge < -0.3 is 19.9 Å². The van der Waals surface area contributed by atoms with Crippen molar-refractivity contribution in [3.63, 3.8) is 0 Å². The molecule has 0 aliphatic carbocycles. The molecule has 0 unspecified atom stereocenters. The standard InChI is InChI=1S/C23H19F3N4O3/c1-33-22-13-10-27-7-6-17-19(4-5-21(31)28-17)30-11-29(18(13)3-2-14(22)24)20-9-16(26)15(25)8-12(20)23(30)32/h2-5,8-9,27H,6-7,10-11H2,1H3,(H,28,31). The predicted molar refractivity (Wildman–Crippen MR) is 116 cm³/mol. The van der Waals surface area contributed by atoms with E-state index in [4.69, 9.17) is 4.74 Å².